The molecule has 0 saturated heterocycles. The number of thiocarbonyl (C=S) groups is 1. The van der Waals surface area contributed by atoms with Gasteiger partial charge in [-0.2, -0.15) is 0 Å². The molecule has 0 radical (unpaired) electrons. The molecule has 0 fully saturated rings. The number of para-hydroxylation sites is 2. The molecular weight excluding hydrogens is 434 g/mol. The third-order valence-corrected chi connectivity index (χ3v) is 4.96. The molecule has 170 valence electrons. The lowest BCUT2D eigenvalue weighted by Gasteiger charge is -2.14. The summed E-state index contributed by atoms with van der Waals surface area (Å²) in [5.74, 6) is 0.642. The maximum absolute atomic E-state index is 12.7. The second-order valence-electron chi connectivity index (χ2n) is 7.83. The van der Waals surface area contributed by atoms with Crippen molar-refractivity contribution in [2.24, 2.45) is 5.92 Å². The Morgan fingerprint density at radius 1 is 0.848 bits per heavy atom. The van der Waals surface area contributed by atoms with Gasteiger partial charge in [0.1, 0.15) is 5.75 Å². The molecule has 0 unspecified atom stereocenters. The van der Waals surface area contributed by atoms with Crippen molar-refractivity contribution in [2.45, 2.75) is 20.3 Å². The first-order chi connectivity index (χ1) is 15.9. The normalized spacial score (nSPS) is 10.4. The SMILES string of the molecule is CC(C)CCOc1ccc(C(=O)NC(=S)Nc2ccccc2C(=O)Nc2ccccc2)cc1. The molecule has 3 aromatic rings. The molecule has 3 N–H and O–H groups in total. The van der Waals surface area contributed by atoms with Crippen LogP contribution >= 0.6 is 12.2 Å². The van der Waals surface area contributed by atoms with Gasteiger partial charge in [-0.15, -0.1) is 0 Å². The lowest BCUT2D eigenvalue weighted by Crippen LogP contribution is -2.34. The van der Waals surface area contributed by atoms with Crippen molar-refractivity contribution in [3.05, 3.63) is 90.0 Å². The van der Waals surface area contributed by atoms with Crippen LogP contribution in [0.15, 0.2) is 78.9 Å². The minimum atomic E-state index is -0.354. The molecule has 3 aromatic carbocycles. The molecule has 2 amide bonds. The highest BCUT2D eigenvalue weighted by molar-refractivity contribution is 7.80. The summed E-state index contributed by atoms with van der Waals surface area (Å²) >= 11 is 5.30. The van der Waals surface area contributed by atoms with E-state index in [2.05, 4.69) is 29.8 Å². The van der Waals surface area contributed by atoms with Crippen molar-refractivity contribution >= 4 is 40.5 Å². The molecule has 0 aliphatic rings. The fourth-order valence-electron chi connectivity index (χ4n) is 2.95. The minimum Gasteiger partial charge on any atom is -0.494 e. The van der Waals surface area contributed by atoms with E-state index in [1.165, 1.54) is 0 Å². The van der Waals surface area contributed by atoms with Gasteiger partial charge in [-0.1, -0.05) is 44.2 Å². The van der Waals surface area contributed by atoms with E-state index in [1.54, 1.807) is 60.7 Å². The van der Waals surface area contributed by atoms with Crippen LogP contribution in [0.25, 0.3) is 0 Å². The number of carbonyl (C=O) groups is 2. The van der Waals surface area contributed by atoms with Crippen molar-refractivity contribution in [3.63, 3.8) is 0 Å². The third kappa shape index (κ3) is 7.43. The molecule has 0 atom stereocenters. The summed E-state index contributed by atoms with van der Waals surface area (Å²) in [6.07, 6.45) is 0.965. The van der Waals surface area contributed by atoms with Gasteiger partial charge in [-0.3, -0.25) is 14.9 Å². The second kappa shape index (κ2) is 11.8. The quantitative estimate of drug-likeness (QED) is 0.387. The molecular formula is C26H27N3O3S. The zero-order valence-corrected chi connectivity index (χ0v) is 19.4. The smallest absolute Gasteiger partial charge is 0.257 e. The number of hydrogen-bond donors (Lipinski definition) is 3. The molecule has 0 aliphatic heterocycles. The Kier molecular flexibility index (Phi) is 8.55. The van der Waals surface area contributed by atoms with E-state index >= 15 is 0 Å². The van der Waals surface area contributed by atoms with Crippen LogP contribution in [-0.2, 0) is 0 Å². The van der Waals surface area contributed by atoms with E-state index in [-0.39, 0.29) is 16.9 Å². The largest absolute Gasteiger partial charge is 0.494 e. The van der Waals surface area contributed by atoms with Crippen LogP contribution in [0.5, 0.6) is 5.75 Å². The van der Waals surface area contributed by atoms with E-state index < -0.39 is 0 Å². The Hall–Kier alpha value is -3.71. The summed E-state index contributed by atoms with van der Waals surface area (Å²) in [7, 11) is 0. The highest BCUT2D eigenvalue weighted by Crippen LogP contribution is 2.18. The average Bonchev–Trinajstić information content (AvgIpc) is 2.80. The second-order valence-corrected chi connectivity index (χ2v) is 8.24. The van der Waals surface area contributed by atoms with Gasteiger partial charge in [0, 0.05) is 11.3 Å². The Morgan fingerprint density at radius 2 is 1.52 bits per heavy atom. The number of amides is 2. The highest BCUT2D eigenvalue weighted by atomic mass is 32.1. The summed E-state index contributed by atoms with van der Waals surface area (Å²) in [6.45, 7) is 4.91. The molecule has 0 bridgehead atoms. The average molecular weight is 462 g/mol. The maximum Gasteiger partial charge on any atom is 0.257 e. The van der Waals surface area contributed by atoms with E-state index in [0.717, 1.165) is 6.42 Å². The number of anilines is 2. The first-order valence-corrected chi connectivity index (χ1v) is 11.1. The first kappa shape index (κ1) is 23.9. The molecule has 0 heterocycles. The van der Waals surface area contributed by atoms with E-state index in [0.29, 0.717) is 40.8 Å². The van der Waals surface area contributed by atoms with E-state index in [1.807, 2.05) is 18.2 Å². The molecule has 7 heteroatoms. The molecule has 33 heavy (non-hydrogen) atoms. The number of nitrogens with one attached hydrogen (secondary N) is 3. The van der Waals surface area contributed by atoms with Crippen LogP contribution in [0.2, 0.25) is 0 Å². The van der Waals surface area contributed by atoms with Crippen LogP contribution in [0.4, 0.5) is 11.4 Å². The molecule has 0 saturated carbocycles. The van der Waals surface area contributed by atoms with Gasteiger partial charge >= 0.3 is 0 Å². The fourth-order valence-corrected chi connectivity index (χ4v) is 3.16. The standard InChI is InChI=1S/C26H27N3O3S/c1-18(2)16-17-32-21-14-12-19(13-15-21)24(30)29-26(33)28-23-11-7-6-10-22(23)25(31)27-20-8-4-3-5-9-20/h3-15,18H,16-17H2,1-2H3,(H,27,31)(H2,28,29,30,33). The van der Waals surface area contributed by atoms with Crippen LogP contribution < -0.4 is 20.7 Å². The number of carbonyl (C=O) groups excluding carboxylic acids is 2. The summed E-state index contributed by atoms with van der Waals surface area (Å²) in [4.78, 5) is 25.3. The Morgan fingerprint density at radius 3 is 2.21 bits per heavy atom. The lowest BCUT2D eigenvalue weighted by atomic mass is 10.1. The van der Waals surface area contributed by atoms with Gasteiger partial charge in [-0.25, -0.2) is 0 Å². The van der Waals surface area contributed by atoms with Gasteiger partial charge < -0.3 is 15.4 Å². The molecule has 3 rings (SSSR count). The van der Waals surface area contributed by atoms with Crippen LogP contribution in [-0.4, -0.2) is 23.5 Å². The van der Waals surface area contributed by atoms with Crippen molar-refractivity contribution < 1.29 is 14.3 Å². The van der Waals surface area contributed by atoms with Crippen molar-refractivity contribution in [1.82, 2.24) is 5.32 Å². The van der Waals surface area contributed by atoms with Crippen molar-refractivity contribution in [3.8, 4) is 5.75 Å². The topological polar surface area (TPSA) is 79.5 Å². The van der Waals surface area contributed by atoms with Gasteiger partial charge in [0.05, 0.1) is 17.9 Å². The van der Waals surface area contributed by atoms with Crippen molar-refractivity contribution in [1.29, 1.82) is 0 Å². The third-order valence-electron chi connectivity index (χ3n) is 4.76. The predicted molar refractivity (Wildman–Crippen MR) is 136 cm³/mol. The van der Waals surface area contributed by atoms with Crippen LogP contribution in [0, 0.1) is 5.92 Å². The highest BCUT2D eigenvalue weighted by Gasteiger charge is 2.14. The molecule has 0 spiro atoms. The summed E-state index contributed by atoms with van der Waals surface area (Å²) in [5, 5.41) is 8.53. The molecule has 0 aliphatic carbocycles. The van der Waals surface area contributed by atoms with Gasteiger partial charge in [-0.05, 0) is 73.1 Å². The minimum absolute atomic E-state index is 0.0946. The summed E-state index contributed by atoms with van der Waals surface area (Å²) < 4.78 is 5.68. The first-order valence-electron chi connectivity index (χ1n) is 10.7. The zero-order chi connectivity index (χ0) is 23.6. The number of rotatable bonds is 8. The maximum atomic E-state index is 12.7. The number of hydrogen-bond acceptors (Lipinski definition) is 4. The van der Waals surface area contributed by atoms with Gasteiger partial charge in [0.15, 0.2) is 5.11 Å². The lowest BCUT2D eigenvalue weighted by molar-refractivity contribution is 0.0976. The Bertz CT molecular complexity index is 1100. The van der Waals surface area contributed by atoms with Crippen LogP contribution in [0.3, 0.4) is 0 Å². The number of ether oxygens (including phenoxy) is 1. The number of benzene rings is 3. The van der Waals surface area contributed by atoms with E-state index in [4.69, 9.17) is 17.0 Å². The van der Waals surface area contributed by atoms with Gasteiger partial charge in [0.2, 0.25) is 0 Å². The molecule has 0 aromatic heterocycles. The summed E-state index contributed by atoms with van der Waals surface area (Å²) in [5.41, 5.74) is 2.03. The summed E-state index contributed by atoms with van der Waals surface area (Å²) in [6, 6.07) is 23.0. The fraction of sp³-hybridized carbons (Fsp3) is 0.192. The zero-order valence-electron chi connectivity index (χ0n) is 18.6. The van der Waals surface area contributed by atoms with Crippen LogP contribution in [0.1, 0.15) is 41.0 Å². The van der Waals surface area contributed by atoms with Crippen molar-refractivity contribution in [2.75, 3.05) is 17.2 Å². The Balaban J connectivity index is 1.58. The van der Waals surface area contributed by atoms with E-state index in [9.17, 15) is 9.59 Å². The predicted octanol–water partition coefficient (Wildman–Crippen LogP) is 5.49. The monoisotopic (exact) mass is 461 g/mol. The van der Waals surface area contributed by atoms with Gasteiger partial charge in [0.25, 0.3) is 11.8 Å². The molecule has 6 nitrogen and oxygen atoms in total. The Labute approximate surface area is 199 Å².